The number of hydrogen-bond donors (Lipinski definition) is 0. The molecule has 0 aliphatic carbocycles. The molecule has 0 saturated heterocycles. The Bertz CT molecular complexity index is 1740. The fourth-order valence-electron chi connectivity index (χ4n) is 6.81. The number of fused-ring (bicyclic) bond motifs is 2. The molecule has 0 radical (unpaired) electrons. The van der Waals surface area contributed by atoms with E-state index in [0.29, 0.717) is 6.42 Å². The van der Waals surface area contributed by atoms with Gasteiger partial charge in [-0.3, -0.25) is 14.9 Å². The number of benzene rings is 2. The van der Waals surface area contributed by atoms with Crippen LogP contribution in [0.1, 0.15) is 71.4 Å². The Morgan fingerprint density at radius 1 is 1.00 bits per heavy atom. The van der Waals surface area contributed by atoms with Crippen LogP contribution in [0.4, 0.5) is 17.1 Å². The highest BCUT2D eigenvalue weighted by Crippen LogP contribution is 2.49. The largest absolute Gasteiger partial charge is 0.469 e. The standard InChI is InChI=1S/C38H44N3O4S/c1-7-39-31-22-20-28(41(43)44)26-30(31)38(4,5)34(39)16-10-8-11-17-35-37(2,3)29-25-27(33-15-14-24-46-33)19-21-32(29)40(35)23-13-9-12-18-36(42)45-6/h8,10-11,14-17,19-22,24-26H,7,9,12-13,18,23H2,1-6H3/q+1. The number of ether oxygens (including phenoxy) is 1. The van der Waals surface area contributed by atoms with Gasteiger partial charge in [-0.25, -0.2) is 0 Å². The first-order valence-electron chi connectivity index (χ1n) is 16.0. The van der Waals surface area contributed by atoms with Crippen LogP contribution in [0, 0.1) is 10.1 Å². The molecular weight excluding hydrogens is 595 g/mol. The summed E-state index contributed by atoms with van der Waals surface area (Å²) < 4.78 is 7.25. The zero-order valence-electron chi connectivity index (χ0n) is 27.7. The molecule has 0 amide bonds. The summed E-state index contributed by atoms with van der Waals surface area (Å²) in [6.07, 6.45) is 13.8. The van der Waals surface area contributed by atoms with Crippen LogP contribution in [-0.4, -0.2) is 41.4 Å². The molecule has 0 saturated carbocycles. The maximum Gasteiger partial charge on any atom is 0.305 e. The van der Waals surface area contributed by atoms with Crippen LogP contribution in [0.3, 0.4) is 0 Å². The summed E-state index contributed by atoms with van der Waals surface area (Å²) in [6, 6.07) is 16.3. The van der Waals surface area contributed by atoms with Gasteiger partial charge in [0.15, 0.2) is 5.71 Å². The normalized spacial score (nSPS) is 17.3. The van der Waals surface area contributed by atoms with Crippen LogP contribution in [-0.2, 0) is 20.4 Å². The van der Waals surface area contributed by atoms with Crippen LogP contribution < -0.4 is 4.90 Å². The Morgan fingerprint density at radius 3 is 2.50 bits per heavy atom. The molecule has 2 aliphatic rings. The fourth-order valence-corrected chi connectivity index (χ4v) is 7.53. The minimum atomic E-state index is -0.361. The van der Waals surface area contributed by atoms with Gasteiger partial charge in [0.05, 0.1) is 17.4 Å². The lowest BCUT2D eigenvalue weighted by Gasteiger charge is -2.25. The van der Waals surface area contributed by atoms with E-state index in [-0.39, 0.29) is 27.4 Å². The number of likely N-dealkylation sites (N-methyl/N-ethyl adjacent to an activating group) is 1. The maximum atomic E-state index is 11.6. The van der Waals surface area contributed by atoms with Gasteiger partial charge in [-0.05, 0) is 80.5 Å². The summed E-state index contributed by atoms with van der Waals surface area (Å²) in [5, 5.41) is 13.6. The molecule has 7 nitrogen and oxygen atoms in total. The number of rotatable bonds is 12. The minimum absolute atomic E-state index is 0.121. The van der Waals surface area contributed by atoms with Gasteiger partial charge in [0, 0.05) is 70.9 Å². The molecule has 240 valence electrons. The molecule has 0 fully saturated rings. The fraction of sp³-hybridized carbons (Fsp3) is 0.368. The molecule has 1 aromatic heterocycles. The van der Waals surface area contributed by atoms with Gasteiger partial charge >= 0.3 is 5.97 Å². The van der Waals surface area contributed by atoms with E-state index < -0.39 is 0 Å². The minimum Gasteiger partial charge on any atom is -0.469 e. The number of methoxy groups -OCH3 is 1. The molecule has 2 aromatic carbocycles. The number of non-ortho nitro benzene ring substituents is 1. The quantitative estimate of drug-likeness (QED) is 0.0494. The molecule has 3 heterocycles. The van der Waals surface area contributed by atoms with Crippen molar-refractivity contribution in [2.24, 2.45) is 0 Å². The van der Waals surface area contributed by atoms with Crippen molar-refractivity contribution in [2.75, 3.05) is 25.1 Å². The van der Waals surface area contributed by atoms with Crippen LogP contribution in [0.5, 0.6) is 0 Å². The maximum absolute atomic E-state index is 11.6. The van der Waals surface area contributed by atoms with Crippen molar-refractivity contribution in [3.8, 4) is 10.4 Å². The molecular formula is C38H44N3O4S+. The van der Waals surface area contributed by atoms with Crippen molar-refractivity contribution in [2.45, 2.75) is 71.1 Å². The summed E-state index contributed by atoms with van der Waals surface area (Å²) in [5.41, 5.74) is 7.72. The van der Waals surface area contributed by atoms with Crippen molar-refractivity contribution in [1.82, 2.24) is 0 Å². The number of anilines is 1. The number of thiophene rings is 1. The Hall–Kier alpha value is -4.30. The van der Waals surface area contributed by atoms with Crippen molar-refractivity contribution < 1.29 is 19.0 Å². The lowest BCUT2D eigenvalue weighted by Crippen LogP contribution is -2.28. The first-order valence-corrected chi connectivity index (χ1v) is 16.9. The van der Waals surface area contributed by atoms with E-state index in [1.54, 1.807) is 23.5 Å². The number of allylic oxidation sites excluding steroid dienone is 6. The zero-order valence-corrected chi connectivity index (χ0v) is 28.5. The molecule has 0 bridgehead atoms. The number of hydrogen-bond acceptors (Lipinski definition) is 6. The van der Waals surface area contributed by atoms with Crippen LogP contribution >= 0.6 is 11.3 Å². The smallest absolute Gasteiger partial charge is 0.305 e. The predicted octanol–water partition coefficient (Wildman–Crippen LogP) is 9.25. The molecule has 0 atom stereocenters. The van der Waals surface area contributed by atoms with Crippen LogP contribution in [0.15, 0.2) is 90.0 Å². The molecule has 5 rings (SSSR count). The Balaban J connectivity index is 1.41. The third kappa shape index (κ3) is 6.36. The highest BCUT2D eigenvalue weighted by atomic mass is 32.1. The zero-order chi connectivity index (χ0) is 33.1. The molecule has 2 aliphatic heterocycles. The second-order valence-corrected chi connectivity index (χ2v) is 13.8. The van der Waals surface area contributed by atoms with E-state index in [1.165, 1.54) is 34.5 Å². The summed E-state index contributed by atoms with van der Waals surface area (Å²) in [6.45, 7) is 12.6. The van der Waals surface area contributed by atoms with E-state index in [1.807, 2.05) is 6.07 Å². The van der Waals surface area contributed by atoms with Gasteiger partial charge in [-0.1, -0.05) is 38.1 Å². The van der Waals surface area contributed by atoms with E-state index >= 15 is 0 Å². The molecule has 46 heavy (non-hydrogen) atoms. The van der Waals surface area contributed by atoms with Gasteiger partial charge in [0.25, 0.3) is 5.69 Å². The number of unbranched alkanes of at least 4 members (excludes halogenated alkanes) is 2. The third-order valence-corrected chi connectivity index (χ3v) is 10.2. The lowest BCUT2D eigenvalue weighted by atomic mass is 9.80. The summed E-state index contributed by atoms with van der Waals surface area (Å²) in [5.74, 6) is -0.154. The number of carbonyl (C=O) groups is 1. The van der Waals surface area contributed by atoms with Crippen LogP contribution in [0.2, 0.25) is 0 Å². The van der Waals surface area contributed by atoms with Crippen molar-refractivity contribution in [1.29, 1.82) is 0 Å². The highest BCUT2D eigenvalue weighted by molar-refractivity contribution is 7.13. The van der Waals surface area contributed by atoms with Gasteiger partial charge in [-0.15, -0.1) is 11.3 Å². The summed E-state index contributed by atoms with van der Waals surface area (Å²) >= 11 is 1.76. The second kappa shape index (κ2) is 13.6. The van der Waals surface area contributed by atoms with E-state index in [4.69, 9.17) is 4.74 Å². The van der Waals surface area contributed by atoms with Gasteiger partial charge < -0.3 is 9.64 Å². The second-order valence-electron chi connectivity index (χ2n) is 12.9. The topological polar surface area (TPSA) is 75.7 Å². The average Bonchev–Trinajstić information content (AvgIpc) is 3.70. The monoisotopic (exact) mass is 638 g/mol. The predicted molar refractivity (Wildman–Crippen MR) is 189 cm³/mol. The van der Waals surface area contributed by atoms with Crippen LogP contribution in [0.25, 0.3) is 10.4 Å². The number of nitro groups is 1. The molecule has 3 aromatic rings. The SMILES string of the molecule is CCN1/C(=C/C=C/C=C/C2=[N+](CCCCCC(=O)OC)c3ccc(-c4cccs4)cc3C2(C)C)C(C)(C)c2cc([N+](=O)[O-])ccc21. The lowest BCUT2D eigenvalue weighted by molar-refractivity contribution is -0.438. The van der Waals surface area contributed by atoms with Crippen molar-refractivity contribution >= 4 is 40.1 Å². The summed E-state index contributed by atoms with van der Waals surface area (Å²) in [4.78, 5) is 26.3. The Kier molecular flexibility index (Phi) is 9.77. The van der Waals surface area contributed by atoms with Gasteiger partial charge in [0.2, 0.25) is 5.69 Å². The molecule has 8 heteroatoms. The summed E-state index contributed by atoms with van der Waals surface area (Å²) in [7, 11) is 1.44. The Morgan fingerprint density at radius 2 is 1.80 bits per heavy atom. The first kappa shape index (κ1) is 33.1. The molecule has 0 spiro atoms. The van der Waals surface area contributed by atoms with Crippen molar-refractivity contribution in [3.63, 3.8) is 0 Å². The first-order chi connectivity index (χ1) is 22.0. The number of esters is 1. The number of nitro benzene ring substituents is 1. The number of carbonyl (C=O) groups excluding carboxylic acids is 1. The van der Waals surface area contributed by atoms with E-state index in [0.717, 1.165) is 49.3 Å². The number of nitrogens with zero attached hydrogens (tertiary/aromatic N) is 3. The van der Waals surface area contributed by atoms with E-state index in [9.17, 15) is 14.9 Å². The van der Waals surface area contributed by atoms with Gasteiger partial charge in [-0.2, -0.15) is 4.58 Å². The van der Waals surface area contributed by atoms with Crippen molar-refractivity contribution in [3.05, 3.63) is 111 Å². The van der Waals surface area contributed by atoms with Gasteiger partial charge in [0.1, 0.15) is 6.54 Å². The van der Waals surface area contributed by atoms with E-state index in [2.05, 4.69) is 110 Å². The average molecular weight is 639 g/mol. The Labute approximate surface area is 276 Å². The molecule has 0 N–H and O–H groups in total. The third-order valence-electron chi connectivity index (χ3n) is 9.32. The molecule has 0 unspecified atom stereocenters. The highest BCUT2D eigenvalue weighted by Gasteiger charge is 2.44.